The van der Waals surface area contributed by atoms with E-state index in [1.54, 1.807) is 12.1 Å². The van der Waals surface area contributed by atoms with Gasteiger partial charge in [0.25, 0.3) is 0 Å². The zero-order valence-electron chi connectivity index (χ0n) is 15.4. The van der Waals surface area contributed by atoms with E-state index in [-0.39, 0.29) is 20.6 Å². The van der Waals surface area contributed by atoms with Crippen molar-refractivity contribution in [1.82, 2.24) is 19.7 Å². The van der Waals surface area contributed by atoms with E-state index in [0.29, 0.717) is 10.7 Å². The number of hydrogen-bond acceptors (Lipinski definition) is 4. The maximum absolute atomic E-state index is 12.7. The number of nitrogens with zero attached hydrogens (tertiary/aromatic N) is 3. The highest BCUT2D eigenvalue weighted by Gasteiger charge is 2.31. The first kappa shape index (κ1) is 21.7. The second-order valence-corrected chi connectivity index (χ2v) is 8.97. The first-order valence-corrected chi connectivity index (χ1v) is 9.83. The molecule has 2 aromatic heterocycles. The van der Waals surface area contributed by atoms with Crippen molar-refractivity contribution in [2.75, 3.05) is 0 Å². The molecule has 0 radical (unpaired) electrons. The quantitative estimate of drug-likeness (QED) is 0.539. The Labute approximate surface area is 178 Å². The van der Waals surface area contributed by atoms with Gasteiger partial charge in [0.1, 0.15) is 5.03 Å². The molecule has 29 heavy (non-hydrogen) atoms. The lowest BCUT2D eigenvalue weighted by molar-refractivity contribution is -0.137. The van der Waals surface area contributed by atoms with E-state index in [4.69, 9.17) is 23.2 Å². The summed E-state index contributed by atoms with van der Waals surface area (Å²) in [7, 11) is 0. The van der Waals surface area contributed by atoms with E-state index in [0.717, 1.165) is 29.6 Å². The molecular weight excluding hydrogens is 448 g/mol. The van der Waals surface area contributed by atoms with Gasteiger partial charge in [-0.3, -0.25) is 0 Å². The molecule has 1 N–H and O–H groups in total. The molecule has 0 saturated carbocycles. The molecule has 0 aliphatic carbocycles. The lowest BCUT2D eigenvalue weighted by Gasteiger charge is -2.24. The standard InChI is InChI=1S/C18H15Cl2F3N4OS/c1-17(2,3)10-6-11(19)12(20)7-13(10)27-15(28)25-26-16(27)29-14-5-4-9(8-24-14)18(21,22)23/h4-8H,1-3H3,(H,25,28). The predicted octanol–water partition coefficient (Wildman–Crippen LogP) is 5.73. The Balaban J connectivity index is 2.08. The highest BCUT2D eigenvalue weighted by molar-refractivity contribution is 7.99. The topological polar surface area (TPSA) is 63.6 Å². The van der Waals surface area contributed by atoms with Crippen LogP contribution in [0.15, 0.2) is 45.4 Å². The molecule has 0 bridgehead atoms. The van der Waals surface area contributed by atoms with Gasteiger partial charge < -0.3 is 0 Å². The fourth-order valence-corrected chi connectivity index (χ4v) is 3.70. The van der Waals surface area contributed by atoms with E-state index in [1.165, 1.54) is 10.6 Å². The Kier molecular flexibility index (Phi) is 5.77. The Morgan fingerprint density at radius 1 is 1.10 bits per heavy atom. The molecule has 11 heteroatoms. The van der Waals surface area contributed by atoms with E-state index in [1.807, 2.05) is 20.8 Å². The van der Waals surface area contributed by atoms with Crippen LogP contribution in [-0.4, -0.2) is 19.7 Å². The molecular formula is C18H15Cl2F3N4OS. The van der Waals surface area contributed by atoms with Crippen LogP contribution < -0.4 is 5.69 Å². The van der Waals surface area contributed by atoms with Crippen molar-refractivity contribution in [3.8, 4) is 5.69 Å². The van der Waals surface area contributed by atoms with Crippen LogP contribution >= 0.6 is 35.0 Å². The summed E-state index contributed by atoms with van der Waals surface area (Å²) in [5.41, 5.74) is -0.545. The van der Waals surface area contributed by atoms with Gasteiger partial charge in [0, 0.05) is 6.20 Å². The number of rotatable bonds is 3. The maximum Gasteiger partial charge on any atom is 0.417 e. The molecule has 0 aliphatic rings. The minimum absolute atomic E-state index is 0.200. The van der Waals surface area contributed by atoms with Crippen LogP contribution in [0.1, 0.15) is 31.9 Å². The van der Waals surface area contributed by atoms with Gasteiger partial charge in [-0.25, -0.2) is 19.4 Å². The number of H-pyrrole nitrogens is 1. The first-order valence-electron chi connectivity index (χ1n) is 8.26. The summed E-state index contributed by atoms with van der Waals surface area (Å²) in [6.07, 6.45) is -3.75. The highest BCUT2D eigenvalue weighted by atomic mass is 35.5. The van der Waals surface area contributed by atoms with Crippen LogP contribution in [0.4, 0.5) is 13.2 Å². The third kappa shape index (κ3) is 4.62. The molecule has 0 atom stereocenters. The van der Waals surface area contributed by atoms with E-state index in [9.17, 15) is 18.0 Å². The third-order valence-electron chi connectivity index (χ3n) is 3.99. The van der Waals surface area contributed by atoms with Crippen LogP contribution in [0.25, 0.3) is 5.69 Å². The molecule has 3 rings (SSSR count). The summed E-state index contributed by atoms with van der Waals surface area (Å²) >= 11 is 13.3. The van der Waals surface area contributed by atoms with Crippen LogP contribution in [0.3, 0.4) is 0 Å². The second-order valence-electron chi connectivity index (χ2n) is 7.17. The predicted molar refractivity (Wildman–Crippen MR) is 106 cm³/mol. The molecule has 154 valence electrons. The average molecular weight is 463 g/mol. The van der Waals surface area contributed by atoms with Gasteiger partial charge in [-0.15, -0.1) is 5.10 Å². The van der Waals surface area contributed by atoms with E-state index < -0.39 is 17.4 Å². The minimum Gasteiger partial charge on any atom is -0.249 e. The number of pyridine rings is 1. The average Bonchev–Trinajstić information content (AvgIpc) is 2.96. The van der Waals surface area contributed by atoms with Crippen molar-refractivity contribution >= 4 is 35.0 Å². The Morgan fingerprint density at radius 2 is 1.76 bits per heavy atom. The Bertz CT molecular complexity index is 1100. The van der Waals surface area contributed by atoms with Crippen LogP contribution in [-0.2, 0) is 11.6 Å². The molecule has 0 aliphatic heterocycles. The van der Waals surface area contributed by atoms with Crippen molar-refractivity contribution in [3.05, 3.63) is 62.1 Å². The molecule has 0 amide bonds. The number of aromatic nitrogens is 4. The van der Waals surface area contributed by atoms with Gasteiger partial charge in [0.2, 0.25) is 5.16 Å². The summed E-state index contributed by atoms with van der Waals surface area (Å²) in [4.78, 5) is 16.3. The van der Waals surface area contributed by atoms with Gasteiger partial charge >= 0.3 is 11.9 Å². The number of halogens is 5. The number of benzene rings is 1. The van der Waals surface area contributed by atoms with Crippen molar-refractivity contribution in [2.45, 2.75) is 42.5 Å². The van der Waals surface area contributed by atoms with Gasteiger partial charge in [-0.1, -0.05) is 44.0 Å². The number of alkyl halides is 3. The van der Waals surface area contributed by atoms with Crippen molar-refractivity contribution in [3.63, 3.8) is 0 Å². The number of aromatic amines is 1. The fourth-order valence-electron chi connectivity index (χ4n) is 2.59. The van der Waals surface area contributed by atoms with Crippen LogP contribution in [0.5, 0.6) is 0 Å². The van der Waals surface area contributed by atoms with Crippen molar-refractivity contribution in [1.29, 1.82) is 0 Å². The zero-order valence-corrected chi connectivity index (χ0v) is 17.8. The van der Waals surface area contributed by atoms with Gasteiger partial charge in [0.15, 0.2) is 0 Å². The van der Waals surface area contributed by atoms with E-state index >= 15 is 0 Å². The molecule has 2 heterocycles. The number of nitrogens with one attached hydrogen (secondary N) is 1. The van der Waals surface area contributed by atoms with Crippen LogP contribution in [0, 0.1) is 0 Å². The van der Waals surface area contributed by atoms with Crippen molar-refractivity contribution in [2.24, 2.45) is 0 Å². The van der Waals surface area contributed by atoms with Gasteiger partial charge in [-0.2, -0.15) is 13.2 Å². The maximum atomic E-state index is 12.7. The second kappa shape index (κ2) is 7.70. The molecule has 5 nitrogen and oxygen atoms in total. The largest absolute Gasteiger partial charge is 0.417 e. The lowest BCUT2D eigenvalue weighted by Crippen LogP contribution is -2.22. The first-order chi connectivity index (χ1) is 13.4. The summed E-state index contributed by atoms with van der Waals surface area (Å²) < 4.78 is 39.5. The number of hydrogen-bond donors (Lipinski definition) is 1. The summed E-state index contributed by atoms with van der Waals surface area (Å²) in [5, 5.41) is 7.39. The van der Waals surface area contributed by atoms with Crippen LogP contribution in [0.2, 0.25) is 10.0 Å². The Hall–Kier alpha value is -1.97. The smallest absolute Gasteiger partial charge is 0.249 e. The van der Waals surface area contributed by atoms with Crippen molar-refractivity contribution < 1.29 is 13.2 Å². The summed E-state index contributed by atoms with van der Waals surface area (Å²) in [5.74, 6) is 0. The van der Waals surface area contributed by atoms with Gasteiger partial charge in [0.05, 0.1) is 21.3 Å². The molecule has 0 fully saturated rings. The monoisotopic (exact) mass is 462 g/mol. The molecule has 1 aromatic carbocycles. The normalized spacial score (nSPS) is 12.4. The molecule has 3 aromatic rings. The van der Waals surface area contributed by atoms with Gasteiger partial charge in [-0.05, 0) is 47.0 Å². The third-order valence-corrected chi connectivity index (χ3v) is 5.62. The van der Waals surface area contributed by atoms with E-state index in [2.05, 4.69) is 15.2 Å². The summed E-state index contributed by atoms with van der Waals surface area (Å²) in [6, 6.07) is 5.38. The SMILES string of the molecule is CC(C)(C)c1cc(Cl)c(Cl)cc1-n1c(Sc2ccc(C(F)(F)F)cn2)n[nH]c1=O. The lowest BCUT2D eigenvalue weighted by atomic mass is 9.85. The fraction of sp³-hybridized carbons (Fsp3) is 0.278. The highest BCUT2D eigenvalue weighted by Crippen LogP contribution is 2.37. The Morgan fingerprint density at radius 3 is 2.31 bits per heavy atom. The molecule has 0 unspecified atom stereocenters. The molecule has 0 spiro atoms. The zero-order chi connectivity index (χ0) is 21.6. The molecule has 0 saturated heterocycles. The summed E-state index contributed by atoms with van der Waals surface area (Å²) in [6.45, 7) is 5.85. The minimum atomic E-state index is -4.48.